The fraction of sp³-hybridized carbons (Fsp3) is 0.333. The van der Waals surface area contributed by atoms with E-state index < -0.39 is 0 Å². The number of amides is 1. The van der Waals surface area contributed by atoms with Crippen LogP contribution in [-0.2, 0) is 17.0 Å². The van der Waals surface area contributed by atoms with E-state index in [9.17, 15) is 4.79 Å². The third-order valence-electron chi connectivity index (χ3n) is 5.42. The number of hydrogen-bond donors (Lipinski definition) is 0. The minimum atomic E-state index is 0.162. The minimum absolute atomic E-state index is 0.162. The molecule has 1 aromatic heterocycles. The number of methoxy groups -OCH3 is 1. The highest BCUT2D eigenvalue weighted by atomic mass is 32.2. The standard InChI is InChI=1S/C24H27N3O2S2/c1-18-3-5-19(6-4-18)16-30-24-25-20(17-31-24)15-23(28)27-13-11-26(12-14-27)21-7-9-22(29-2)10-8-21/h3-10,17H,11-16H2,1-2H3. The van der Waals surface area contributed by atoms with Crippen molar-refractivity contribution in [2.45, 2.75) is 23.4 Å². The van der Waals surface area contributed by atoms with E-state index >= 15 is 0 Å². The summed E-state index contributed by atoms with van der Waals surface area (Å²) in [5.74, 6) is 1.92. The van der Waals surface area contributed by atoms with Crippen LogP contribution in [0.1, 0.15) is 16.8 Å². The first-order chi connectivity index (χ1) is 15.1. The second-order valence-corrected chi connectivity index (χ2v) is 9.70. The molecule has 0 unspecified atom stereocenters. The predicted molar refractivity (Wildman–Crippen MR) is 128 cm³/mol. The van der Waals surface area contributed by atoms with Gasteiger partial charge in [-0.25, -0.2) is 4.98 Å². The number of aryl methyl sites for hydroxylation is 1. The van der Waals surface area contributed by atoms with Gasteiger partial charge >= 0.3 is 0 Å². The number of ether oxygens (including phenoxy) is 1. The van der Waals surface area contributed by atoms with Crippen LogP contribution in [0, 0.1) is 6.92 Å². The Hall–Kier alpha value is -2.51. The number of benzene rings is 2. The van der Waals surface area contributed by atoms with E-state index in [1.807, 2.05) is 22.4 Å². The van der Waals surface area contributed by atoms with Crippen LogP contribution in [0.15, 0.2) is 58.3 Å². The molecule has 4 rings (SSSR count). The maximum Gasteiger partial charge on any atom is 0.228 e. The monoisotopic (exact) mass is 453 g/mol. The number of anilines is 1. The zero-order valence-electron chi connectivity index (χ0n) is 17.9. The van der Waals surface area contributed by atoms with Crippen LogP contribution in [0.5, 0.6) is 5.75 Å². The molecular formula is C24H27N3O2S2. The number of carbonyl (C=O) groups is 1. The predicted octanol–water partition coefficient (Wildman–Crippen LogP) is 4.64. The van der Waals surface area contributed by atoms with Crippen molar-refractivity contribution < 1.29 is 9.53 Å². The topological polar surface area (TPSA) is 45.7 Å². The Morgan fingerprint density at radius 3 is 2.45 bits per heavy atom. The molecule has 7 heteroatoms. The molecule has 0 radical (unpaired) electrons. The van der Waals surface area contributed by atoms with Gasteiger partial charge in [0.2, 0.25) is 5.91 Å². The summed E-state index contributed by atoms with van der Waals surface area (Å²) in [6, 6.07) is 16.7. The second-order valence-electron chi connectivity index (χ2n) is 7.62. The molecular weight excluding hydrogens is 426 g/mol. The normalized spacial score (nSPS) is 14.0. The van der Waals surface area contributed by atoms with Crippen molar-refractivity contribution in [1.29, 1.82) is 0 Å². The third-order valence-corrected chi connectivity index (χ3v) is 7.56. The second kappa shape index (κ2) is 10.2. The van der Waals surface area contributed by atoms with Gasteiger partial charge in [-0.1, -0.05) is 41.6 Å². The Kier molecular flexibility index (Phi) is 7.14. The van der Waals surface area contributed by atoms with E-state index in [-0.39, 0.29) is 5.91 Å². The molecule has 3 aromatic rings. The Labute approximate surface area is 192 Å². The number of piperazine rings is 1. The molecule has 2 aromatic carbocycles. The van der Waals surface area contributed by atoms with Crippen molar-refractivity contribution in [2.24, 2.45) is 0 Å². The van der Waals surface area contributed by atoms with Gasteiger partial charge in [0.05, 0.1) is 19.2 Å². The molecule has 0 aliphatic carbocycles. The lowest BCUT2D eigenvalue weighted by molar-refractivity contribution is -0.130. The Balaban J connectivity index is 1.25. The van der Waals surface area contributed by atoms with Gasteiger partial charge in [0, 0.05) is 43.0 Å². The van der Waals surface area contributed by atoms with E-state index in [1.165, 1.54) is 16.8 Å². The number of carbonyl (C=O) groups excluding carboxylic acids is 1. The molecule has 1 aliphatic rings. The number of aromatic nitrogens is 1. The first-order valence-corrected chi connectivity index (χ1v) is 12.3. The van der Waals surface area contributed by atoms with Gasteiger partial charge < -0.3 is 14.5 Å². The summed E-state index contributed by atoms with van der Waals surface area (Å²) in [6.45, 7) is 5.26. The van der Waals surface area contributed by atoms with Crippen LogP contribution in [0.25, 0.3) is 0 Å². The molecule has 0 atom stereocenters. The van der Waals surface area contributed by atoms with Crippen LogP contribution in [-0.4, -0.2) is 49.1 Å². The van der Waals surface area contributed by atoms with E-state index in [1.54, 1.807) is 30.2 Å². The molecule has 0 bridgehead atoms. The molecule has 0 saturated carbocycles. The van der Waals surface area contributed by atoms with Gasteiger partial charge in [-0.05, 0) is 36.8 Å². The van der Waals surface area contributed by atoms with Gasteiger partial charge in [-0.3, -0.25) is 4.79 Å². The zero-order valence-corrected chi connectivity index (χ0v) is 19.5. The molecule has 0 N–H and O–H groups in total. The Morgan fingerprint density at radius 2 is 1.77 bits per heavy atom. The molecule has 1 fully saturated rings. The smallest absolute Gasteiger partial charge is 0.228 e. The summed E-state index contributed by atoms with van der Waals surface area (Å²) >= 11 is 3.35. The SMILES string of the molecule is COc1ccc(N2CCN(C(=O)Cc3csc(SCc4ccc(C)cc4)n3)CC2)cc1. The van der Waals surface area contributed by atoms with Crippen molar-refractivity contribution >= 4 is 34.7 Å². The fourth-order valence-electron chi connectivity index (χ4n) is 3.54. The van der Waals surface area contributed by atoms with Gasteiger partial charge in [-0.2, -0.15) is 0 Å². The van der Waals surface area contributed by atoms with Crippen LogP contribution < -0.4 is 9.64 Å². The van der Waals surface area contributed by atoms with E-state index in [4.69, 9.17) is 4.74 Å². The van der Waals surface area contributed by atoms with Crippen LogP contribution >= 0.6 is 23.1 Å². The maximum atomic E-state index is 12.8. The Bertz CT molecular complexity index is 994. The first-order valence-electron chi connectivity index (χ1n) is 10.4. The molecule has 2 heterocycles. The highest BCUT2D eigenvalue weighted by Gasteiger charge is 2.22. The molecule has 1 saturated heterocycles. The van der Waals surface area contributed by atoms with E-state index in [0.717, 1.165) is 47.7 Å². The summed E-state index contributed by atoms with van der Waals surface area (Å²) < 4.78 is 6.25. The van der Waals surface area contributed by atoms with Gasteiger partial charge in [0.1, 0.15) is 10.1 Å². The number of rotatable bonds is 7. The maximum absolute atomic E-state index is 12.8. The summed E-state index contributed by atoms with van der Waals surface area (Å²) in [4.78, 5) is 21.7. The van der Waals surface area contributed by atoms with Gasteiger partial charge in [0.15, 0.2) is 0 Å². The van der Waals surface area contributed by atoms with Crippen molar-refractivity contribution in [3.05, 3.63) is 70.7 Å². The highest BCUT2D eigenvalue weighted by molar-refractivity contribution is 8.00. The average Bonchev–Trinajstić information content (AvgIpc) is 3.26. The number of thioether (sulfide) groups is 1. The van der Waals surface area contributed by atoms with E-state index in [0.29, 0.717) is 6.42 Å². The Morgan fingerprint density at radius 1 is 1.06 bits per heavy atom. The third kappa shape index (κ3) is 5.80. The lowest BCUT2D eigenvalue weighted by Crippen LogP contribution is -2.49. The summed E-state index contributed by atoms with van der Waals surface area (Å²) in [5.41, 5.74) is 4.61. The molecule has 162 valence electrons. The van der Waals surface area contributed by atoms with Crippen LogP contribution in [0.3, 0.4) is 0 Å². The summed E-state index contributed by atoms with van der Waals surface area (Å²) in [7, 11) is 1.67. The lowest BCUT2D eigenvalue weighted by Gasteiger charge is -2.36. The minimum Gasteiger partial charge on any atom is -0.497 e. The van der Waals surface area contributed by atoms with Gasteiger partial charge in [-0.15, -0.1) is 11.3 Å². The average molecular weight is 454 g/mol. The summed E-state index contributed by atoms with van der Waals surface area (Å²) in [5, 5.41) is 2.02. The largest absolute Gasteiger partial charge is 0.497 e. The van der Waals surface area contributed by atoms with Crippen molar-refractivity contribution in [1.82, 2.24) is 9.88 Å². The molecule has 5 nitrogen and oxygen atoms in total. The van der Waals surface area contributed by atoms with Crippen LogP contribution in [0.4, 0.5) is 5.69 Å². The van der Waals surface area contributed by atoms with Gasteiger partial charge in [0.25, 0.3) is 0 Å². The molecule has 31 heavy (non-hydrogen) atoms. The molecule has 1 amide bonds. The van der Waals surface area contributed by atoms with Crippen molar-refractivity contribution in [3.8, 4) is 5.75 Å². The number of nitrogens with zero attached hydrogens (tertiary/aromatic N) is 3. The molecule has 1 aliphatic heterocycles. The van der Waals surface area contributed by atoms with Crippen LogP contribution in [0.2, 0.25) is 0 Å². The number of thiazole rings is 1. The van der Waals surface area contributed by atoms with E-state index in [2.05, 4.69) is 53.2 Å². The highest BCUT2D eigenvalue weighted by Crippen LogP contribution is 2.27. The van der Waals surface area contributed by atoms with Crippen molar-refractivity contribution in [2.75, 3.05) is 38.2 Å². The fourth-order valence-corrected chi connectivity index (χ4v) is 5.34. The quantitative estimate of drug-likeness (QED) is 0.488. The zero-order chi connectivity index (χ0) is 21.6. The lowest BCUT2D eigenvalue weighted by atomic mass is 10.2. The first kappa shape index (κ1) is 21.7. The molecule has 0 spiro atoms. The summed E-state index contributed by atoms with van der Waals surface area (Å²) in [6.07, 6.45) is 0.379. The van der Waals surface area contributed by atoms with Crippen molar-refractivity contribution in [3.63, 3.8) is 0 Å². The number of hydrogen-bond acceptors (Lipinski definition) is 6.